The third kappa shape index (κ3) is 4.94. The zero-order valence-electron chi connectivity index (χ0n) is 26.4. The number of likely N-dealkylation sites (N-methyl/N-ethyl adjacent to an activating group) is 1. The Kier molecular flexibility index (Phi) is 7.64. The molecule has 12 heteroatoms. The Morgan fingerprint density at radius 1 is 1.16 bits per heavy atom. The first-order valence-electron chi connectivity index (χ1n) is 15.1. The lowest BCUT2D eigenvalue weighted by molar-refractivity contribution is -0.131. The Bertz CT molecular complexity index is 1710. The molecule has 0 radical (unpaired) electrons. The van der Waals surface area contributed by atoms with Gasteiger partial charge in [0.25, 0.3) is 0 Å². The lowest BCUT2D eigenvalue weighted by Gasteiger charge is -2.52. The number of aliphatic hydroxyl groups is 1. The molecule has 0 bridgehead atoms. The van der Waals surface area contributed by atoms with E-state index in [4.69, 9.17) is 4.74 Å². The first-order chi connectivity index (χ1) is 21.2. The number of piperazine rings is 1. The molecule has 3 aliphatic rings. The van der Waals surface area contributed by atoms with Gasteiger partial charge in [-0.2, -0.15) is 18.3 Å². The fraction of sp³-hybridized carbons (Fsp3) is 0.455. The minimum atomic E-state index is -4.83. The maximum absolute atomic E-state index is 15.2. The van der Waals surface area contributed by atoms with E-state index in [9.17, 15) is 9.90 Å². The minimum Gasteiger partial charge on any atom is -0.489 e. The fourth-order valence-electron chi connectivity index (χ4n) is 7.26. The highest BCUT2D eigenvalue weighted by Crippen LogP contribution is 2.55. The molecule has 1 unspecified atom stereocenters. The highest BCUT2D eigenvalue weighted by Gasteiger charge is 2.52. The van der Waals surface area contributed by atoms with E-state index < -0.39 is 30.1 Å². The Hall–Kier alpha value is -4.03. The number of H-pyrrole nitrogens is 1. The Labute approximate surface area is 260 Å². The number of rotatable bonds is 5. The number of aliphatic hydroxyl groups excluding tert-OH is 1. The first kappa shape index (κ1) is 31.0. The van der Waals surface area contributed by atoms with Crippen molar-refractivity contribution in [2.24, 2.45) is 0 Å². The van der Waals surface area contributed by atoms with Gasteiger partial charge >= 0.3 is 6.18 Å². The average molecular weight is 625 g/mol. The van der Waals surface area contributed by atoms with E-state index in [1.807, 2.05) is 58.0 Å². The molecule has 3 aromatic rings. The number of nitrogens with zero attached hydrogens (tertiary/aromatic N) is 5. The summed E-state index contributed by atoms with van der Waals surface area (Å²) in [7, 11) is 3.68. The predicted molar refractivity (Wildman–Crippen MR) is 168 cm³/mol. The highest BCUT2D eigenvalue weighted by molar-refractivity contribution is 6.02. The first-order valence-corrected chi connectivity index (χ1v) is 15.1. The van der Waals surface area contributed by atoms with Crippen molar-refractivity contribution in [2.75, 3.05) is 45.2 Å². The maximum Gasteiger partial charge on any atom is 0.419 e. The lowest BCUT2D eigenvalue weighted by Crippen LogP contribution is -2.60. The molecule has 1 saturated heterocycles. The lowest BCUT2D eigenvalue weighted by atomic mass is 9.87. The summed E-state index contributed by atoms with van der Waals surface area (Å²) >= 11 is 0. The summed E-state index contributed by atoms with van der Waals surface area (Å²) < 4.78 is 52.0. The number of benzene rings is 2. The Morgan fingerprint density at radius 3 is 2.53 bits per heavy atom. The number of halogens is 3. The monoisotopic (exact) mass is 624 g/mol. The number of alkyl halides is 3. The van der Waals surface area contributed by atoms with Gasteiger partial charge in [0, 0.05) is 53.9 Å². The van der Waals surface area contributed by atoms with Gasteiger partial charge in [0.2, 0.25) is 5.91 Å². The zero-order valence-corrected chi connectivity index (χ0v) is 26.4. The molecule has 4 heterocycles. The van der Waals surface area contributed by atoms with Crippen LogP contribution < -0.4 is 9.64 Å². The van der Waals surface area contributed by atoms with E-state index >= 15 is 13.2 Å². The van der Waals surface area contributed by atoms with Crippen LogP contribution in [0.2, 0.25) is 0 Å². The molecule has 45 heavy (non-hydrogen) atoms. The molecular formula is C33H39F3N6O3. The molecule has 9 nitrogen and oxygen atoms in total. The third-order valence-electron chi connectivity index (χ3n) is 9.23. The van der Waals surface area contributed by atoms with Crippen LogP contribution in [0.15, 0.2) is 42.5 Å². The van der Waals surface area contributed by atoms with Crippen LogP contribution in [0.4, 0.5) is 18.9 Å². The molecule has 0 saturated carbocycles. The van der Waals surface area contributed by atoms with Gasteiger partial charge in [0.1, 0.15) is 12.2 Å². The van der Waals surface area contributed by atoms with Gasteiger partial charge in [-0.3, -0.25) is 9.89 Å². The van der Waals surface area contributed by atoms with Crippen LogP contribution in [0, 0.1) is 13.8 Å². The van der Waals surface area contributed by atoms with E-state index in [1.165, 1.54) is 11.0 Å². The highest BCUT2D eigenvalue weighted by atomic mass is 19.4. The summed E-state index contributed by atoms with van der Waals surface area (Å²) in [5.74, 6) is 0.160. The molecule has 1 aromatic heterocycles. The largest absolute Gasteiger partial charge is 0.489 e. The summed E-state index contributed by atoms with van der Waals surface area (Å²) in [5, 5.41) is 20.2. The number of hydrogen-bond acceptors (Lipinski definition) is 7. The molecule has 1 amide bonds. The van der Waals surface area contributed by atoms with Gasteiger partial charge in [-0.1, -0.05) is 12.6 Å². The van der Waals surface area contributed by atoms with Crippen LogP contribution in [-0.4, -0.2) is 107 Å². The second kappa shape index (κ2) is 11.1. The summed E-state index contributed by atoms with van der Waals surface area (Å²) in [4.78, 5) is 19.2. The molecule has 2 aromatic carbocycles. The second-order valence-electron chi connectivity index (χ2n) is 12.7. The summed E-state index contributed by atoms with van der Waals surface area (Å²) in [5.41, 5.74) is 3.87. The fourth-order valence-corrected chi connectivity index (χ4v) is 7.26. The number of aromatic nitrogens is 2. The number of ether oxygens (including phenoxy) is 1. The van der Waals surface area contributed by atoms with Gasteiger partial charge in [-0.15, -0.1) is 0 Å². The summed E-state index contributed by atoms with van der Waals surface area (Å²) in [6.07, 6.45) is -5.58. The Morgan fingerprint density at radius 2 is 1.87 bits per heavy atom. The van der Waals surface area contributed by atoms with Gasteiger partial charge in [0.15, 0.2) is 12.0 Å². The number of aryl methyl sites for hydroxylation is 2. The number of nitrogens with one attached hydrogen (secondary N) is 1. The van der Waals surface area contributed by atoms with Crippen LogP contribution >= 0.6 is 0 Å². The van der Waals surface area contributed by atoms with Gasteiger partial charge in [0.05, 0.1) is 22.9 Å². The van der Waals surface area contributed by atoms with E-state index in [-0.39, 0.29) is 37.3 Å². The molecule has 3 aliphatic heterocycles. The molecule has 1 fully saturated rings. The van der Waals surface area contributed by atoms with Crippen LogP contribution in [0.5, 0.6) is 5.75 Å². The zero-order chi connectivity index (χ0) is 32.5. The van der Waals surface area contributed by atoms with Crippen molar-refractivity contribution >= 4 is 28.2 Å². The third-order valence-corrected chi connectivity index (χ3v) is 9.23. The van der Waals surface area contributed by atoms with Crippen molar-refractivity contribution in [1.29, 1.82) is 0 Å². The number of anilines is 1. The standard InChI is InChI=1S/C33H39F3N6O3/c1-8-25(43)40-13-19(4)41(14-18(40)3)29-23-11-10-22(26-17(2)9-12-24-27(26)20(5)37-38-24)31-30(23)42(21(16-45-31)15-39(6)7)32(44)28(29)33(34,35)36/h8-12,18-19,21,32,44H,1,13-16H2,2-7H3,(H,37,38)/t18-,19+,21-,32?/m1/s1. The molecular weight excluding hydrogens is 585 g/mol. The Balaban J connectivity index is 1.62. The number of hydrogen-bond donors (Lipinski definition) is 2. The number of fused-ring (bicyclic) bond motifs is 1. The van der Waals surface area contributed by atoms with Crippen molar-refractivity contribution < 1.29 is 27.8 Å². The van der Waals surface area contributed by atoms with Crippen molar-refractivity contribution in [3.05, 3.63) is 59.3 Å². The molecule has 0 aliphatic carbocycles. The average Bonchev–Trinajstić information content (AvgIpc) is 3.35. The normalized spacial score (nSPS) is 23.5. The van der Waals surface area contributed by atoms with E-state index in [1.54, 1.807) is 22.8 Å². The molecule has 240 valence electrons. The summed E-state index contributed by atoms with van der Waals surface area (Å²) in [6, 6.07) is 6.03. The smallest absolute Gasteiger partial charge is 0.419 e. The second-order valence-corrected chi connectivity index (χ2v) is 12.7. The number of carbonyl (C=O) groups is 1. The van der Waals surface area contributed by atoms with Crippen molar-refractivity contribution in [3.8, 4) is 16.9 Å². The number of carbonyl (C=O) groups excluding carboxylic acids is 1. The topological polar surface area (TPSA) is 88.2 Å². The number of amides is 1. The van der Waals surface area contributed by atoms with Gasteiger partial charge in [-0.25, -0.2) is 0 Å². The van der Waals surface area contributed by atoms with Gasteiger partial charge in [-0.05, 0) is 77.2 Å². The van der Waals surface area contributed by atoms with Crippen LogP contribution in [0.1, 0.15) is 30.7 Å². The summed E-state index contributed by atoms with van der Waals surface area (Å²) in [6.45, 7) is 11.9. The van der Waals surface area contributed by atoms with Crippen molar-refractivity contribution in [3.63, 3.8) is 0 Å². The van der Waals surface area contributed by atoms with Gasteiger partial charge < -0.3 is 29.4 Å². The minimum absolute atomic E-state index is 0.0809. The van der Waals surface area contributed by atoms with Crippen LogP contribution in [-0.2, 0) is 4.79 Å². The maximum atomic E-state index is 15.2. The van der Waals surface area contributed by atoms with Crippen LogP contribution in [0.3, 0.4) is 0 Å². The predicted octanol–water partition coefficient (Wildman–Crippen LogP) is 4.69. The van der Waals surface area contributed by atoms with Crippen molar-refractivity contribution in [2.45, 2.75) is 58.2 Å². The van der Waals surface area contributed by atoms with E-state index in [0.717, 1.165) is 33.3 Å². The molecule has 2 N–H and O–H groups in total. The van der Waals surface area contributed by atoms with E-state index in [2.05, 4.69) is 16.8 Å². The molecule has 6 rings (SSSR count). The number of aromatic amines is 1. The van der Waals surface area contributed by atoms with E-state index in [0.29, 0.717) is 23.5 Å². The van der Waals surface area contributed by atoms with Crippen LogP contribution in [0.25, 0.3) is 27.7 Å². The molecule has 0 spiro atoms. The SMILES string of the molecule is C=CC(=O)N1C[C@H](C)N(C2=C(C(F)(F)F)C(O)N3c4c2ccc(-c2c(C)ccc5n[nH]c(C)c25)c4OC[C@H]3CN(C)C)C[C@H]1C. The van der Waals surface area contributed by atoms with Crippen molar-refractivity contribution in [1.82, 2.24) is 24.9 Å². The molecule has 4 atom stereocenters. The quantitative estimate of drug-likeness (QED) is 0.399.